The fourth-order valence-electron chi connectivity index (χ4n) is 1.81. The molecule has 128 valence electrons. The smallest absolute Gasteiger partial charge is 0.322 e. The molecular formula is C14H10ClF3N2O3S. The number of carbonyl (C=O) groups is 1. The number of primary sulfonamides is 1. The van der Waals surface area contributed by atoms with Crippen molar-refractivity contribution in [3.63, 3.8) is 0 Å². The molecule has 0 unspecified atom stereocenters. The Hall–Kier alpha value is -2.10. The summed E-state index contributed by atoms with van der Waals surface area (Å²) in [5, 5.41) is 7.19. The highest BCUT2D eigenvalue weighted by Gasteiger charge is 2.30. The van der Waals surface area contributed by atoms with Gasteiger partial charge in [0.15, 0.2) is 0 Å². The average Bonchev–Trinajstić information content (AvgIpc) is 2.46. The maximum atomic E-state index is 12.5. The van der Waals surface area contributed by atoms with Gasteiger partial charge in [-0.3, -0.25) is 4.79 Å². The molecule has 24 heavy (non-hydrogen) atoms. The Morgan fingerprint density at radius 1 is 1.08 bits per heavy atom. The normalized spacial score (nSPS) is 12.0. The molecule has 0 aliphatic heterocycles. The zero-order chi connectivity index (χ0) is 18.1. The highest BCUT2D eigenvalue weighted by molar-refractivity contribution is 7.89. The maximum absolute atomic E-state index is 12.5. The summed E-state index contributed by atoms with van der Waals surface area (Å²) in [6.07, 6.45) is -4.48. The maximum Gasteiger partial charge on any atom is 0.416 e. The summed E-state index contributed by atoms with van der Waals surface area (Å²) in [5.41, 5.74) is -0.813. The first-order valence-electron chi connectivity index (χ1n) is 6.29. The topological polar surface area (TPSA) is 89.3 Å². The SMILES string of the molecule is NS(=O)(=O)c1cc(C(=O)Nc2ccc(C(F)(F)F)cc2)ccc1Cl. The van der Waals surface area contributed by atoms with Crippen LogP contribution in [0.4, 0.5) is 18.9 Å². The molecule has 2 aromatic rings. The summed E-state index contributed by atoms with van der Waals surface area (Å²) in [4.78, 5) is 11.6. The highest BCUT2D eigenvalue weighted by atomic mass is 35.5. The van der Waals surface area contributed by atoms with Crippen molar-refractivity contribution in [3.8, 4) is 0 Å². The first-order chi connectivity index (χ1) is 11.0. The van der Waals surface area contributed by atoms with Crippen LogP contribution < -0.4 is 10.5 Å². The van der Waals surface area contributed by atoms with Crippen molar-refractivity contribution in [2.45, 2.75) is 11.1 Å². The van der Waals surface area contributed by atoms with Crippen LogP contribution in [0.2, 0.25) is 5.02 Å². The van der Waals surface area contributed by atoms with E-state index in [1.54, 1.807) is 0 Å². The standard InChI is InChI=1S/C14H10ClF3N2O3S/c15-11-6-1-8(7-12(11)24(19,22)23)13(21)20-10-4-2-9(3-5-10)14(16,17)18/h1-7H,(H,20,21)(H2,19,22,23). The summed E-state index contributed by atoms with van der Waals surface area (Å²) >= 11 is 5.71. The summed E-state index contributed by atoms with van der Waals surface area (Å²) in [6.45, 7) is 0. The number of halogens is 4. The molecule has 0 aliphatic carbocycles. The van der Waals surface area contributed by atoms with E-state index < -0.39 is 32.6 Å². The van der Waals surface area contributed by atoms with Gasteiger partial charge in [-0.15, -0.1) is 0 Å². The lowest BCUT2D eigenvalue weighted by Gasteiger charge is -2.10. The fourth-order valence-corrected chi connectivity index (χ4v) is 2.88. The predicted octanol–water partition coefficient (Wildman–Crippen LogP) is 3.26. The van der Waals surface area contributed by atoms with Crippen LogP contribution in [0.1, 0.15) is 15.9 Å². The molecule has 2 aromatic carbocycles. The number of nitrogens with two attached hydrogens (primary N) is 1. The van der Waals surface area contributed by atoms with Gasteiger partial charge in [0, 0.05) is 11.3 Å². The third kappa shape index (κ3) is 4.25. The van der Waals surface area contributed by atoms with Crippen LogP contribution >= 0.6 is 11.6 Å². The largest absolute Gasteiger partial charge is 0.416 e. The van der Waals surface area contributed by atoms with E-state index in [1.807, 2.05) is 0 Å². The van der Waals surface area contributed by atoms with Crippen LogP contribution in [0, 0.1) is 0 Å². The number of amides is 1. The van der Waals surface area contributed by atoms with Crippen LogP contribution in [0.3, 0.4) is 0 Å². The molecule has 0 spiro atoms. The van der Waals surface area contributed by atoms with Gasteiger partial charge < -0.3 is 5.32 Å². The summed E-state index contributed by atoms with van der Waals surface area (Å²) in [5.74, 6) is -0.726. The molecule has 0 bridgehead atoms. The Kier molecular flexibility index (Phi) is 4.88. The number of sulfonamides is 1. The minimum absolute atomic E-state index is 0.0664. The zero-order valence-electron chi connectivity index (χ0n) is 11.8. The lowest BCUT2D eigenvalue weighted by atomic mass is 10.1. The molecule has 5 nitrogen and oxygen atoms in total. The Morgan fingerprint density at radius 3 is 2.17 bits per heavy atom. The van der Waals surface area contributed by atoms with Crippen LogP contribution in [0.25, 0.3) is 0 Å². The molecule has 2 rings (SSSR count). The summed E-state index contributed by atoms with van der Waals surface area (Å²) < 4.78 is 60.2. The van der Waals surface area contributed by atoms with Crippen LogP contribution in [0.5, 0.6) is 0 Å². The molecular weight excluding hydrogens is 369 g/mol. The number of carbonyl (C=O) groups excluding carboxylic acids is 1. The minimum Gasteiger partial charge on any atom is -0.322 e. The van der Waals surface area contributed by atoms with E-state index in [0.717, 1.165) is 30.3 Å². The first-order valence-corrected chi connectivity index (χ1v) is 8.22. The van der Waals surface area contributed by atoms with Gasteiger partial charge in [-0.1, -0.05) is 11.6 Å². The molecule has 0 radical (unpaired) electrons. The van der Waals surface area contributed by atoms with E-state index in [9.17, 15) is 26.4 Å². The van der Waals surface area contributed by atoms with Gasteiger partial charge in [0.1, 0.15) is 4.90 Å². The average molecular weight is 379 g/mol. The van der Waals surface area contributed by atoms with Crippen molar-refractivity contribution in [2.24, 2.45) is 5.14 Å². The summed E-state index contributed by atoms with van der Waals surface area (Å²) in [7, 11) is -4.12. The number of hydrogen-bond acceptors (Lipinski definition) is 3. The summed E-state index contributed by atoms with van der Waals surface area (Å²) in [6, 6.07) is 7.21. The van der Waals surface area contributed by atoms with Crippen molar-refractivity contribution in [3.05, 3.63) is 58.6 Å². The molecule has 1 amide bonds. The second kappa shape index (κ2) is 6.42. The lowest BCUT2D eigenvalue weighted by Crippen LogP contribution is -2.16. The van der Waals surface area contributed by atoms with Crippen LogP contribution in [-0.2, 0) is 16.2 Å². The minimum atomic E-state index is -4.48. The van der Waals surface area contributed by atoms with Crippen LogP contribution in [0.15, 0.2) is 47.4 Å². The number of alkyl halides is 3. The van der Waals surface area contributed by atoms with Gasteiger partial charge in [0.2, 0.25) is 10.0 Å². The molecule has 0 atom stereocenters. The van der Waals surface area contributed by atoms with E-state index in [1.165, 1.54) is 12.1 Å². The Balaban J connectivity index is 2.24. The van der Waals surface area contributed by atoms with Crippen molar-refractivity contribution >= 4 is 33.2 Å². The first kappa shape index (κ1) is 18.2. The van der Waals surface area contributed by atoms with Gasteiger partial charge in [-0.05, 0) is 42.5 Å². The molecule has 10 heteroatoms. The van der Waals surface area contributed by atoms with Crippen molar-refractivity contribution in [1.29, 1.82) is 0 Å². The third-order valence-corrected chi connectivity index (χ3v) is 4.36. The van der Waals surface area contributed by atoms with Crippen molar-refractivity contribution in [2.75, 3.05) is 5.32 Å². The highest BCUT2D eigenvalue weighted by Crippen LogP contribution is 2.30. The molecule has 0 saturated carbocycles. The van der Waals surface area contributed by atoms with Crippen molar-refractivity contribution in [1.82, 2.24) is 0 Å². The van der Waals surface area contributed by atoms with Crippen molar-refractivity contribution < 1.29 is 26.4 Å². The molecule has 0 saturated heterocycles. The van der Waals surface area contributed by atoms with Gasteiger partial charge in [-0.2, -0.15) is 13.2 Å². The number of benzene rings is 2. The van der Waals surface area contributed by atoms with E-state index in [2.05, 4.69) is 5.32 Å². The zero-order valence-corrected chi connectivity index (χ0v) is 13.3. The quantitative estimate of drug-likeness (QED) is 0.859. The molecule has 0 aromatic heterocycles. The Bertz CT molecular complexity index is 881. The third-order valence-electron chi connectivity index (χ3n) is 2.97. The van der Waals surface area contributed by atoms with Gasteiger partial charge >= 0.3 is 6.18 Å². The monoisotopic (exact) mass is 378 g/mol. The van der Waals surface area contributed by atoms with Gasteiger partial charge in [-0.25, -0.2) is 13.6 Å². The molecule has 3 N–H and O–H groups in total. The molecule has 0 heterocycles. The fraction of sp³-hybridized carbons (Fsp3) is 0.0714. The van der Waals surface area contributed by atoms with Crippen LogP contribution in [-0.4, -0.2) is 14.3 Å². The predicted molar refractivity (Wildman–Crippen MR) is 82.2 cm³/mol. The van der Waals surface area contributed by atoms with Gasteiger partial charge in [0.05, 0.1) is 10.6 Å². The van der Waals surface area contributed by atoms with E-state index in [0.29, 0.717) is 0 Å². The Labute approximate surface area is 140 Å². The second-order valence-electron chi connectivity index (χ2n) is 4.72. The number of hydrogen-bond donors (Lipinski definition) is 2. The molecule has 0 aliphatic rings. The lowest BCUT2D eigenvalue weighted by molar-refractivity contribution is -0.137. The second-order valence-corrected chi connectivity index (χ2v) is 6.66. The Morgan fingerprint density at radius 2 is 1.67 bits per heavy atom. The van der Waals surface area contributed by atoms with E-state index in [-0.39, 0.29) is 16.3 Å². The number of nitrogens with one attached hydrogen (secondary N) is 1. The number of anilines is 1. The molecule has 0 fully saturated rings. The van der Waals surface area contributed by atoms with E-state index in [4.69, 9.17) is 16.7 Å². The number of rotatable bonds is 3. The van der Waals surface area contributed by atoms with E-state index >= 15 is 0 Å². The van der Waals surface area contributed by atoms with Gasteiger partial charge in [0.25, 0.3) is 5.91 Å².